The van der Waals surface area contributed by atoms with Crippen molar-refractivity contribution in [2.24, 2.45) is 0 Å². The summed E-state index contributed by atoms with van der Waals surface area (Å²) in [6.07, 6.45) is 4.93. The standard InChI is InChI=1S/C28H26N2O5/c1-3-16-35-23-13-9-21(10-14-23)26(31)24-25(20-7-11-22(12-8-20)34-4-2)30(28(33)27(24)32)18-19-6-5-15-29-17-19/h3,5-15,17,25,31H,1,4,16,18H2,2H3/t25-/m0/s1. The summed E-state index contributed by atoms with van der Waals surface area (Å²) in [5, 5.41) is 11.2. The lowest BCUT2D eigenvalue weighted by Gasteiger charge is -2.25. The molecule has 1 N–H and O–H groups in total. The van der Waals surface area contributed by atoms with Crippen LogP contribution in [0.3, 0.4) is 0 Å². The molecule has 4 rings (SSSR count). The molecule has 0 unspecified atom stereocenters. The summed E-state index contributed by atoms with van der Waals surface area (Å²) < 4.78 is 11.0. The number of benzene rings is 2. The van der Waals surface area contributed by atoms with E-state index in [1.165, 1.54) is 4.90 Å². The van der Waals surface area contributed by atoms with E-state index in [9.17, 15) is 14.7 Å². The molecule has 178 valence electrons. The molecule has 7 heteroatoms. The van der Waals surface area contributed by atoms with Crippen LogP contribution in [0.5, 0.6) is 11.5 Å². The first kappa shape index (κ1) is 23.8. The Bertz CT molecular complexity index is 1230. The molecule has 0 aliphatic carbocycles. The van der Waals surface area contributed by atoms with Crippen LogP contribution in [-0.2, 0) is 16.1 Å². The number of aliphatic hydroxyl groups is 1. The summed E-state index contributed by atoms with van der Waals surface area (Å²) >= 11 is 0. The Morgan fingerprint density at radius 2 is 1.74 bits per heavy atom. The first-order valence-corrected chi connectivity index (χ1v) is 11.3. The summed E-state index contributed by atoms with van der Waals surface area (Å²) in [5.41, 5.74) is 1.90. The van der Waals surface area contributed by atoms with Crippen molar-refractivity contribution in [2.75, 3.05) is 13.2 Å². The fourth-order valence-corrected chi connectivity index (χ4v) is 4.01. The molecule has 2 heterocycles. The Labute approximate surface area is 203 Å². The Hall–Kier alpha value is -4.39. The zero-order valence-electron chi connectivity index (χ0n) is 19.4. The number of pyridine rings is 1. The van der Waals surface area contributed by atoms with Crippen molar-refractivity contribution in [2.45, 2.75) is 19.5 Å². The minimum Gasteiger partial charge on any atom is -0.507 e. The van der Waals surface area contributed by atoms with Crippen molar-refractivity contribution in [1.82, 2.24) is 9.88 Å². The lowest BCUT2D eigenvalue weighted by molar-refractivity contribution is -0.140. The highest BCUT2D eigenvalue weighted by atomic mass is 16.5. The Morgan fingerprint density at radius 3 is 2.37 bits per heavy atom. The molecule has 1 aliphatic heterocycles. The van der Waals surface area contributed by atoms with Crippen LogP contribution in [0.15, 0.2) is 91.3 Å². The van der Waals surface area contributed by atoms with Crippen molar-refractivity contribution >= 4 is 17.4 Å². The first-order chi connectivity index (χ1) is 17.0. The van der Waals surface area contributed by atoms with Gasteiger partial charge in [-0.25, -0.2) is 0 Å². The van der Waals surface area contributed by atoms with Crippen LogP contribution in [0.2, 0.25) is 0 Å². The maximum Gasteiger partial charge on any atom is 0.295 e. The molecule has 0 saturated carbocycles. The van der Waals surface area contributed by atoms with Gasteiger partial charge in [0.15, 0.2) is 0 Å². The number of ether oxygens (including phenoxy) is 2. The van der Waals surface area contributed by atoms with E-state index in [1.807, 2.05) is 13.0 Å². The van der Waals surface area contributed by atoms with Gasteiger partial charge >= 0.3 is 0 Å². The molecule has 35 heavy (non-hydrogen) atoms. The summed E-state index contributed by atoms with van der Waals surface area (Å²) in [6.45, 7) is 6.55. The van der Waals surface area contributed by atoms with Gasteiger partial charge in [-0.1, -0.05) is 30.9 Å². The maximum atomic E-state index is 13.2. The van der Waals surface area contributed by atoms with E-state index in [0.717, 1.165) is 5.56 Å². The van der Waals surface area contributed by atoms with E-state index in [2.05, 4.69) is 11.6 Å². The van der Waals surface area contributed by atoms with E-state index < -0.39 is 17.7 Å². The van der Waals surface area contributed by atoms with E-state index >= 15 is 0 Å². The molecule has 1 saturated heterocycles. The number of aromatic nitrogens is 1. The Morgan fingerprint density at radius 1 is 1.06 bits per heavy atom. The SMILES string of the molecule is C=CCOc1ccc(C(O)=C2C(=O)C(=O)N(Cc3cccnc3)[C@H]2c2ccc(OCC)cc2)cc1. The zero-order valence-corrected chi connectivity index (χ0v) is 19.4. The van der Waals surface area contributed by atoms with E-state index in [4.69, 9.17) is 9.47 Å². The molecule has 3 aromatic rings. The summed E-state index contributed by atoms with van der Waals surface area (Å²) in [4.78, 5) is 31.9. The quantitative estimate of drug-likeness (QED) is 0.212. The van der Waals surface area contributed by atoms with Gasteiger partial charge in [-0.2, -0.15) is 0 Å². The second kappa shape index (κ2) is 10.7. The second-order valence-electron chi connectivity index (χ2n) is 7.91. The highest BCUT2D eigenvalue weighted by Crippen LogP contribution is 2.40. The van der Waals surface area contributed by atoms with E-state index in [0.29, 0.717) is 35.8 Å². The molecule has 1 aromatic heterocycles. The molecule has 1 atom stereocenters. The predicted molar refractivity (Wildman–Crippen MR) is 132 cm³/mol. The lowest BCUT2D eigenvalue weighted by atomic mass is 9.95. The minimum absolute atomic E-state index is 0.0304. The lowest BCUT2D eigenvalue weighted by Crippen LogP contribution is -2.29. The van der Waals surface area contributed by atoms with Gasteiger partial charge in [-0.3, -0.25) is 14.6 Å². The topological polar surface area (TPSA) is 89.0 Å². The van der Waals surface area contributed by atoms with Gasteiger partial charge in [0.2, 0.25) is 0 Å². The van der Waals surface area contributed by atoms with Crippen LogP contribution in [0, 0.1) is 0 Å². The monoisotopic (exact) mass is 470 g/mol. The number of likely N-dealkylation sites (tertiary alicyclic amines) is 1. The molecule has 0 radical (unpaired) electrons. The van der Waals surface area contributed by atoms with Crippen LogP contribution in [0.25, 0.3) is 5.76 Å². The smallest absolute Gasteiger partial charge is 0.295 e. The van der Waals surface area contributed by atoms with Crippen LogP contribution >= 0.6 is 0 Å². The van der Waals surface area contributed by atoms with Gasteiger partial charge in [0, 0.05) is 24.5 Å². The normalized spacial score (nSPS) is 16.8. The summed E-state index contributed by atoms with van der Waals surface area (Å²) in [7, 11) is 0. The number of rotatable bonds is 9. The van der Waals surface area contributed by atoms with Crippen LogP contribution in [0.4, 0.5) is 0 Å². The number of hydrogen-bond donors (Lipinski definition) is 1. The van der Waals surface area contributed by atoms with Crippen molar-refractivity contribution in [3.8, 4) is 11.5 Å². The maximum absolute atomic E-state index is 13.2. The van der Waals surface area contributed by atoms with Gasteiger partial charge in [-0.05, 0) is 60.5 Å². The molecule has 1 amide bonds. The molecule has 1 aliphatic rings. The largest absolute Gasteiger partial charge is 0.507 e. The van der Waals surface area contributed by atoms with E-state index in [-0.39, 0.29) is 17.9 Å². The Balaban J connectivity index is 1.77. The first-order valence-electron chi connectivity index (χ1n) is 11.3. The summed E-state index contributed by atoms with van der Waals surface area (Å²) in [6, 6.07) is 16.7. The highest BCUT2D eigenvalue weighted by molar-refractivity contribution is 6.46. The highest BCUT2D eigenvalue weighted by Gasteiger charge is 2.46. The molecular formula is C28H26N2O5. The number of carbonyl (C=O) groups excluding carboxylic acids is 2. The average Bonchev–Trinajstić information content (AvgIpc) is 3.13. The minimum atomic E-state index is -0.775. The van der Waals surface area contributed by atoms with Gasteiger partial charge < -0.3 is 19.5 Å². The van der Waals surface area contributed by atoms with Crippen LogP contribution < -0.4 is 9.47 Å². The van der Waals surface area contributed by atoms with Crippen molar-refractivity contribution < 1.29 is 24.2 Å². The Kier molecular flexibility index (Phi) is 7.26. The van der Waals surface area contributed by atoms with Gasteiger partial charge in [0.25, 0.3) is 11.7 Å². The number of ketones is 1. The van der Waals surface area contributed by atoms with Gasteiger partial charge in [-0.15, -0.1) is 0 Å². The van der Waals surface area contributed by atoms with Crippen LogP contribution in [0.1, 0.15) is 29.7 Å². The third kappa shape index (κ3) is 5.09. The zero-order chi connectivity index (χ0) is 24.8. The molecule has 7 nitrogen and oxygen atoms in total. The number of amides is 1. The van der Waals surface area contributed by atoms with Gasteiger partial charge in [0.1, 0.15) is 23.9 Å². The fourth-order valence-electron chi connectivity index (χ4n) is 4.01. The number of Topliss-reactive ketones (excluding diaryl/α,β-unsaturated/α-hetero) is 1. The second-order valence-corrected chi connectivity index (χ2v) is 7.91. The van der Waals surface area contributed by atoms with Crippen molar-refractivity contribution in [3.63, 3.8) is 0 Å². The summed E-state index contributed by atoms with van der Waals surface area (Å²) in [5.74, 6) is -0.388. The number of hydrogen-bond acceptors (Lipinski definition) is 6. The molecular weight excluding hydrogens is 444 g/mol. The van der Waals surface area contributed by atoms with Crippen molar-refractivity contribution in [1.29, 1.82) is 0 Å². The average molecular weight is 471 g/mol. The molecule has 2 aromatic carbocycles. The van der Waals surface area contributed by atoms with Gasteiger partial charge in [0.05, 0.1) is 18.2 Å². The number of aliphatic hydroxyl groups excluding tert-OH is 1. The van der Waals surface area contributed by atoms with Crippen molar-refractivity contribution in [3.05, 3.63) is 108 Å². The van der Waals surface area contributed by atoms with E-state index in [1.54, 1.807) is 73.1 Å². The molecule has 0 spiro atoms. The third-order valence-corrected chi connectivity index (χ3v) is 5.62. The number of carbonyl (C=O) groups is 2. The fraction of sp³-hybridized carbons (Fsp3) is 0.179. The van der Waals surface area contributed by atoms with Crippen LogP contribution in [-0.4, -0.2) is 39.9 Å². The predicted octanol–water partition coefficient (Wildman–Crippen LogP) is 4.67. The molecule has 1 fully saturated rings. The third-order valence-electron chi connectivity index (χ3n) is 5.62. The number of nitrogens with zero attached hydrogens (tertiary/aromatic N) is 2. The molecule has 0 bridgehead atoms.